The molecule has 0 aliphatic carbocycles. The van der Waals surface area contributed by atoms with Gasteiger partial charge in [0.1, 0.15) is 11.9 Å². The third-order valence-electron chi connectivity index (χ3n) is 2.64. The average Bonchev–Trinajstić information content (AvgIpc) is 2.87. The summed E-state index contributed by atoms with van der Waals surface area (Å²) in [6, 6.07) is 3.56. The van der Waals surface area contributed by atoms with Gasteiger partial charge in [0.15, 0.2) is 5.69 Å². The zero-order chi connectivity index (χ0) is 15.6. The van der Waals surface area contributed by atoms with Crippen LogP contribution in [0.25, 0.3) is 0 Å². The number of nitrogens with zero attached hydrogens (tertiary/aromatic N) is 3. The van der Waals surface area contributed by atoms with Crippen molar-refractivity contribution in [2.45, 2.75) is 19.1 Å². The van der Waals surface area contributed by atoms with E-state index >= 15 is 0 Å². The van der Waals surface area contributed by atoms with Crippen LogP contribution in [0.15, 0.2) is 30.5 Å². The van der Waals surface area contributed by atoms with E-state index in [9.17, 15) is 22.4 Å². The van der Waals surface area contributed by atoms with Gasteiger partial charge in [-0.3, -0.25) is 9.48 Å². The smallest absolute Gasteiger partial charge is 0.309 e. The first kappa shape index (κ1) is 14.9. The van der Waals surface area contributed by atoms with Gasteiger partial charge in [-0.15, -0.1) is 0 Å². The van der Waals surface area contributed by atoms with E-state index in [1.54, 1.807) is 0 Å². The van der Waals surface area contributed by atoms with Gasteiger partial charge in [-0.1, -0.05) is 6.07 Å². The maximum absolute atomic E-state index is 12.9. The molecule has 1 unspecified atom stereocenters. The second-order valence-electron chi connectivity index (χ2n) is 4.19. The van der Waals surface area contributed by atoms with Crippen molar-refractivity contribution in [3.8, 4) is 0 Å². The number of carbonyl (C=O) groups is 1. The number of aromatic nitrogens is 3. The molecule has 0 spiro atoms. The van der Waals surface area contributed by atoms with Crippen LogP contribution in [0.4, 0.5) is 23.4 Å². The molecule has 0 radical (unpaired) electrons. The van der Waals surface area contributed by atoms with Crippen LogP contribution < -0.4 is 5.32 Å². The van der Waals surface area contributed by atoms with Gasteiger partial charge in [0.25, 0.3) is 0 Å². The van der Waals surface area contributed by atoms with Crippen LogP contribution in [0.3, 0.4) is 0 Å². The van der Waals surface area contributed by atoms with Crippen LogP contribution in [0.2, 0.25) is 0 Å². The van der Waals surface area contributed by atoms with E-state index in [1.807, 2.05) is 0 Å². The van der Waals surface area contributed by atoms with Crippen LogP contribution >= 0.6 is 0 Å². The van der Waals surface area contributed by atoms with E-state index in [0.29, 0.717) is 0 Å². The molecule has 0 saturated heterocycles. The second kappa shape index (κ2) is 5.51. The number of alkyl halides is 3. The molecule has 9 heteroatoms. The number of amides is 1. The Morgan fingerprint density at radius 3 is 2.62 bits per heavy atom. The Labute approximate surface area is 116 Å². The lowest BCUT2D eigenvalue weighted by Crippen LogP contribution is -2.25. The number of pyridine rings is 1. The normalized spacial score (nSPS) is 13.0. The third-order valence-corrected chi connectivity index (χ3v) is 2.64. The Morgan fingerprint density at radius 1 is 1.33 bits per heavy atom. The third kappa shape index (κ3) is 3.56. The molecule has 5 nitrogen and oxygen atoms in total. The Bertz CT molecular complexity index is 653. The standard InChI is InChI=1S/C12H10F4N4O/c1-7(20-6-5-8(19-20)12(14,15)16)11(21)18-10-4-2-3-9(13)17-10/h2-7H,1H3,(H,17,18,21). The van der Waals surface area contributed by atoms with Gasteiger partial charge in [-0.2, -0.15) is 22.7 Å². The highest BCUT2D eigenvalue weighted by Gasteiger charge is 2.34. The first-order valence-electron chi connectivity index (χ1n) is 5.83. The first-order valence-corrected chi connectivity index (χ1v) is 5.83. The van der Waals surface area contributed by atoms with Crippen molar-refractivity contribution in [3.63, 3.8) is 0 Å². The molecule has 112 valence electrons. The number of hydrogen-bond donors (Lipinski definition) is 1. The van der Waals surface area contributed by atoms with Gasteiger partial charge < -0.3 is 5.32 Å². The molecule has 1 atom stereocenters. The molecule has 0 aliphatic rings. The number of carbonyl (C=O) groups excluding carboxylic acids is 1. The average molecular weight is 302 g/mol. The van der Waals surface area contributed by atoms with Gasteiger partial charge in [0, 0.05) is 6.20 Å². The minimum Gasteiger partial charge on any atom is -0.309 e. The van der Waals surface area contributed by atoms with E-state index in [0.717, 1.165) is 23.0 Å². The summed E-state index contributed by atoms with van der Waals surface area (Å²) >= 11 is 0. The maximum Gasteiger partial charge on any atom is 0.435 e. The molecule has 21 heavy (non-hydrogen) atoms. The summed E-state index contributed by atoms with van der Waals surface area (Å²) in [5, 5.41) is 5.59. The van der Waals surface area contributed by atoms with Gasteiger partial charge in [0.2, 0.25) is 11.9 Å². The van der Waals surface area contributed by atoms with E-state index < -0.39 is 29.8 Å². The lowest BCUT2D eigenvalue weighted by Gasteiger charge is -2.12. The monoisotopic (exact) mass is 302 g/mol. The van der Waals surface area contributed by atoms with E-state index in [4.69, 9.17) is 0 Å². The van der Waals surface area contributed by atoms with Crippen molar-refractivity contribution in [2.75, 3.05) is 5.32 Å². The fourth-order valence-corrected chi connectivity index (χ4v) is 1.53. The summed E-state index contributed by atoms with van der Waals surface area (Å²) < 4.78 is 51.0. The van der Waals surface area contributed by atoms with Crippen LogP contribution in [0.1, 0.15) is 18.7 Å². The van der Waals surface area contributed by atoms with E-state index in [-0.39, 0.29) is 5.82 Å². The zero-order valence-electron chi connectivity index (χ0n) is 10.7. The van der Waals surface area contributed by atoms with Crippen molar-refractivity contribution in [1.82, 2.24) is 14.8 Å². The molecule has 0 bridgehead atoms. The maximum atomic E-state index is 12.9. The lowest BCUT2D eigenvalue weighted by molar-refractivity contribution is -0.141. The largest absolute Gasteiger partial charge is 0.435 e. The van der Waals surface area contributed by atoms with Crippen LogP contribution in [0.5, 0.6) is 0 Å². The molecule has 1 amide bonds. The Kier molecular flexibility index (Phi) is 3.92. The fourth-order valence-electron chi connectivity index (χ4n) is 1.53. The highest BCUT2D eigenvalue weighted by atomic mass is 19.4. The molecular weight excluding hydrogens is 292 g/mol. The van der Waals surface area contributed by atoms with Crippen molar-refractivity contribution >= 4 is 11.7 Å². The fraction of sp³-hybridized carbons (Fsp3) is 0.250. The lowest BCUT2D eigenvalue weighted by atomic mass is 10.3. The second-order valence-corrected chi connectivity index (χ2v) is 4.19. The highest BCUT2D eigenvalue weighted by molar-refractivity contribution is 5.92. The molecule has 2 rings (SSSR count). The number of halogens is 4. The van der Waals surface area contributed by atoms with Gasteiger partial charge >= 0.3 is 6.18 Å². The molecule has 2 aromatic heterocycles. The van der Waals surface area contributed by atoms with Crippen molar-refractivity contribution < 1.29 is 22.4 Å². The number of anilines is 1. The number of rotatable bonds is 3. The Morgan fingerprint density at radius 2 is 2.05 bits per heavy atom. The quantitative estimate of drug-likeness (QED) is 0.700. The minimum atomic E-state index is -4.58. The van der Waals surface area contributed by atoms with Gasteiger partial charge in [-0.25, -0.2) is 4.98 Å². The first-order chi connectivity index (χ1) is 9.77. The zero-order valence-corrected chi connectivity index (χ0v) is 10.7. The number of hydrogen-bond acceptors (Lipinski definition) is 3. The molecule has 0 aromatic carbocycles. The van der Waals surface area contributed by atoms with Crippen molar-refractivity contribution in [1.29, 1.82) is 0 Å². The van der Waals surface area contributed by atoms with Gasteiger partial charge in [0.05, 0.1) is 0 Å². The summed E-state index contributed by atoms with van der Waals surface area (Å²) in [5.41, 5.74) is -1.09. The molecule has 0 aliphatic heterocycles. The highest BCUT2D eigenvalue weighted by Crippen LogP contribution is 2.27. The summed E-state index contributed by atoms with van der Waals surface area (Å²) in [6.07, 6.45) is -3.53. The molecule has 0 fully saturated rings. The minimum absolute atomic E-state index is 0.0324. The van der Waals surface area contributed by atoms with E-state index in [1.165, 1.54) is 19.1 Å². The molecule has 2 heterocycles. The predicted molar refractivity (Wildman–Crippen MR) is 64.8 cm³/mol. The Balaban J connectivity index is 2.11. The van der Waals surface area contributed by atoms with Gasteiger partial charge in [-0.05, 0) is 25.1 Å². The molecule has 2 aromatic rings. The van der Waals surface area contributed by atoms with Crippen molar-refractivity contribution in [2.24, 2.45) is 0 Å². The summed E-state index contributed by atoms with van der Waals surface area (Å²) in [5.74, 6) is -1.47. The SMILES string of the molecule is CC(C(=O)Nc1cccc(F)n1)n1ccc(C(F)(F)F)n1. The van der Waals surface area contributed by atoms with E-state index in [2.05, 4.69) is 15.4 Å². The predicted octanol–water partition coefficient (Wildman–Crippen LogP) is 2.64. The molecular formula is C12H10F4N4O. The number of nitrogens with one attached hydrogen (secondary N) is 1. The topological polar surface area (TPSA) is 59.8 Å². The van der Waals surface area contributed by atoms with Crippen LogP contribution in [-0.4, -0.2) is 20.7 Å². The summed E-state index contributed by atoms with van der Waals surface area (Å²) in [6.45, 7) is 1.36. The van der Waals surface area contributed by atoms with Crippen LogP contribution in [-0.2, 0) is 11.0 Å². The molecule has 1 N–H and O–H groups in total. The van der Waals surface area contributed by atoms with Crippen molar-refractivity contribution in [3.05, 3.63) is 42.1 Å². The summed E-state index contributed by atoms with van der Waals surface area (Å²) in [7, 11) is 0. The van der Waals surface area contributed by atoms with Crippen LogP contribution in [0, 0.1) is 5.95 Å². The molecule has 0 saturated carbocycles. The Hall–Kier alpha value is -2.45. The summed E-state index contributed by atoms with van der Waals surface area (Å²) in [4.78, 5) is 15.3.